The van der Waals surface area contributed by atoms with E-state index in [-0.39, 0.29) is 18.5 Å². The highest BCUT2D eigenvalue weighted by molar-refractivity contribution is 7.92. The van der Waals surface area contributed by atoms with E-state index in [1.54, 1.807) is 30.0 Å². The summed E-state index contributed by atoms with van der Waals surface area (Å²) in [5.74, 6) is -1.73. The van der Waals surface area contributed by atoms with Gasteiger partial charge in [-0.15, -0.1) is 0 Å². The number of fused-ring (bicyclic) bond motifs is 1. The van der Waals surface area contributed by atoms with E-state index in [4.69, 9.17) is 5.11 Å². The molecule has 1 atom stereocenters. The fourth-order valence-electron chi connectivity index (χ4n) is 3.36. The lowest BCUT2D eigenvalue weighted by Gasteiger charge is -2.30. The maximum Gasteiger partial charge on any atom is 0.308 e. The zero-order valence-corrected chi connectivity index (χ0v) is 15.8. The van der Waals surface area contributed by atoms with E-state index >= 15 is 0 Å². The third kappa shape index (κ3) is 3.85. The van der Waals surface area contributed by atoms with Crippen LogP contribution in [0.25, 0.3) is 0 Å². The second-order valence-electron chi connectivity index (χ2n) is 7.21. The van der Waals surface area contributed by atoms with Crippen LogP contribution in [0.3, 0.4) is 0 Å². The van der Waals surface area contributed by atoms with E-state index in [0.717, 1.165) is 24.8 Å². The number of nitrogens with zero attached hydrogens (tertiary/aromatic N) is 2. The van der Waals surface area contributed by atoms with E-state index in [0.29, 0.717) is 24.2 Å². The number of carbonyl (C=O) groups is 2. The SMILES string of the molecule is CC(CN(C(=O)c1ccc2c(c1)CCCN2S(C)(=O)=O)C1CC1)C(=O)O. The van der Waals surface area contributed by atoms with Gasteiger partial charge in [-0.1, -0.05) is 6.92 Å². The topological polar surface area (TPSA) is 95.0 Å². The van der Waals surface area contributed by atoms with E-state index in [1.165, 1.54) is 10.6 Å². The van der Waals surface area contributed by atoms with Gasteiger partial charge in [0.05, 0.1) is 17.9 Å². The predicted molar refractivity (Wildman–Crippen MR) is 97.8 cm³/mol. The Bertz CT molecular complexity index is 832. The number of aliphatic carboxylic acids is 1. The molecule has 1 aromatic rings. The van der Waals surface area contributed by atoms with Crippen LogP contribution in [0, 0.1) is 5.92 Å². The van der Waals surface area contributed by atoms with Crippen LogP contribution in [-0.2, 0) is 21.2 Å². The fraction of sp³-hybridized carbons (Fsp3) is 0.556. The summed E-state index contributed by atoms with van der Waals surface area (Å²) in [5, 5.41) is 9.15. The molecule has 0 bridgehead atoms. The highest BCUT2D eigenvalue weighted by atomic mass is 32.2. The number of sulfonamides is 1. The van der Waals surface area contributed by atoms with Gasteiger partial charge in [0, 0.05) is 24.7 Å². The average molecular weight is 380 g/mol. The molecule has 1 amide bonds. The Morgan fingerprint density at radius 1 is 1.35 bits per heavy atom. The number of carboxylic acid groups (broad SMARTS) is 1. The molecule has 1 N–H and O–H groups in total. The van der Waals surface area contributed by atoms with Gasteiger partial charge in [-0.25, -0.2) is 8.42 Å². The largest absolute Gasteiger partial charge is 0.481 e. The molecule has 1 aliphatic heterocycles. The molecule has 7 nitrogen and oxygen atoms in total. The normalized spacial score (nSPS) is 18.2. The van der Waals surface area contributed by atoms with Crippen molar-refractivity contribution in [3.63, 3.8) is 0 Å². The number of rotatable bonds is 6. The zero-order chi connectivity index (χ0) is 19.1. The van der Waals surface area contributed by atoms with Crippen LogP contribution in [0.2, 0.25) is 0 Å². The van der Waals surface area contributed by atoms with Crippen LogP contribution in [0.5, 0.6) is 0 Å². The van der Waals surface area contributed by atoms with Crippen LogP contribution in [-0.4, -0.2) is 55.7 Å². The van der Waals surface area contributed by atoms with Gasteiger partial charge in [0.2, 0.25) is 10.0 Å². The second-order valence-corrected chi connectivity index (χ2v) is 9.12. The Morgan fingerprint density at radius 3 is 2.62 bits per heavy atom. The van der Waals surface area contributed by atoms with Crippen LogP contribution in [0.1, 0.15) is 42.1 Å². The monoisotopic (exact) mass is 380 g/mol. The maximum atomic E-state index is 12.9. The molecule has 0 saturated heterocycles. The molecule has 1 fully saturated rings. The summed E-state index contributed by atoms with van der Waals surface area (Å²) in [6.07, 6.45) is 4.40. The predicted octanol–water partition coefficient (Wildman–Crippen LogP) is 1.72. The van der Waals surface area contributed by atoms with Gasteiger partial charge >= 0.3 is 5.97 Å². The number of anilines is 1. The number of aryl methyl sites for hydroxylation is 1. The minimum atomic E-state index is -3.34. The number of amides is 1. The summed E-state index contributed by atoms with van der Waals surface area (Å²) in [4.78, 5) is 25.8. The molecular weight excluding hydrogens is 356 g/mol. The molecule has 0 spiro atoms. The molecule has 0 aromatic heterocycles. The lowest BCUT2D eigenvalue weighted by molar-refractivity contribution is -0.141. The summed E-state index contributed by atoms with van der Waals surface area (Å²) < 4.78 is 25.3. The number of carbonyl (C=O) groups excluding carboxylic acids is 1. The molecule has 1 aromatic carbocycles. The molecule has 142 valence electrons. The standard InChI is InChI=1S/C18H24N2O5S/c1-12(18(22)23)11-19(15-6-7-15)17(21)14-5-8-16-13(10-14)4-3-9-20(16)26(2,24)25/h5,8,10,12,15H,3-4,6-7,9,11H2,1-2H3,(H,22,23). The summed E-state index contributed by atoms with van der Waals surface area (Å²) in [6, 6.07) is 5.20. The third-order valence-corrected chi connectivity index (χ3v) is 6.12. The molecule has 1 saturated carbocycles. The second kappa shape index (κ2) is 6.90. The molecule has 1 unspecified atom stereocenters. The Morgan fingerprint density at radius 2 is 2.04 bits per heavy atom. The molecule has 26 heavy (non-hydrogen) atoms. The number of benzene rings is 1. The number of carboxylic acids is 1. The van der Waals surface area contributed by atoms with Crippen LogP contribution in [0.15, 0.2) is 18.2 Å². The maximum absolute atomic E-state index is 12.9. The van der Waals surface area contributed by atoms with E-state index in [9.17, 15) is 18.0 Å². The average Bonchev–Trinajstić information content (AvgIpc) is 3.41. The molecule has 1 aliphatic carbocycles. The smallest absolute Gasteiger partial charge is 0.308 e. The van der Waals surface area contributed by atoms with Crippen molar-refractivity contribution >= 4 is 27.6 Å². The summed E-state index contributed by atoms with van der Waals surface area (Å²) in [6.45, 7) is 2.23. The Balaban J connectivity index is 1.87. The van der Waals surface area contributed by atoms with E-state index in [1.807, 2.05) is 0 Å². The number of hydrogen-bond donors (Lipinski definition) is 1. The summed E-state index contributed by atoms with van der Waals surface area (Å²) in [5.41, 5.74) is 1.96. The first-order chi connectivity index (χ1) is 12.2. The zero-order valence-electron chi connectivity index (χ0n) is 15.0. The summed E-state index contributed by atoms with van der Waals surface area (Å²) in [7, 11) is -3.34. The van der Waals surface area contributed by atoms with Crippen molar-refractivity contribution in [2.75, 3.05) is 23.7 Å². The molecule has 0 radical (unpaired) electrons. The van der Waals surface area contributed by atoms with E-state index in [2.05, 4.69) is 0 Å². The third-order valence-electron chi connectivity index (χ3n) is 4.94. The first-order valence-corrected chi connectivity index (χ1v) is 10.7. The minimum Gasteiger partial charge on any atom is -0.481 e. The van der Waals surface area contributed by atoms with Crippen molar-refractivity contribution < 1.29 is 23.1 Å². The van der Waals surface area contributed by atoms with Crippen molar-refractivity contribution in [3.05, 3.63) is 29.3 Å². The van der Waals surface area contributed by atoms with Crippen LogP contribution in [0.4, 0.5) is 5.69 Å². The molecule has 8 heteroatoms. The first-order valence-electron chi connectivity index (χ1n) is 8.83. The van der Waals surface area contributed by atoms with Gasteiger partial charge in [-0.2, -0.15) is 0 Å². The Labute approximate surface area is 153 Å². The highest BCUT2D eigenvalue weighted by Crippen LogP contribution is 2.32. The minimum absolute atomic E-state index is 0.104. The number of hydrogen-bond acceptors (Lipinski definition) is 4. The van der Waals surface area contributed by atoms with Crippen molar-refractivity contribution in [2.24, 2.45) is 5.92 Å². The molecule has 1 heterocycles. The first kappa shape index (κ1) is 18.7. The van der Waals surface area contributed by atoms with Crippen molar-refractivity contribution in [1.82, 2.24) is 4.90 Å². The van der Waals surface area contributed by atoms with Gasteiger partial charge in [0.1, 0.15) is 0 Å². The summed E-state index contributed by atoms with van der Waals surface area (Å²) >= 11 is 0. The lowest BCUT2D eigenvalue weighted by Crippen LogP contribution is -2.39. The van der Waals surface area contributed by atoms with Crippen molar-refractivity contribution in [2.45, 2.75) is 38.6 Å². The van der Waals surface area contributed by atoms with Gasteiger partial charge < -0.3 is 10.0 Å². The van der Waals surface area contributed by atoms with Gasteiger partial charge in [-0.3, -0.25) is 13.9 Å². The fourth-order valence-corrected chi connectivity index (χ4v) is 4.36. The quantitative estimate of drug-likeness (QED) is 0.811. The Hall–Kier alpha value is -2.09. The molecule has 3 rings (SSSR count). The van der Waals surface area contributed by atoms with Crippen LogP contribution < -0.4 is 4.31 Å². The lowest BCUT2D eigenvalue weighted by atomic mass is 10.00. The van der Waals surface area contributed by atoms with Gasteiger partial charge in [0.15, 0.2) is 0 Å². The molecule has 2 aliphatic rings. The Kier molecular flexibility index (Phi) is 4.96. The highest BCUT2D eigenvalue weighted by Gasteiger charge is 2.35. The van der Waals surface area contributed by atoms with Crippen molar-refractivity contribution in [3.8, 4) is 0 Å². The molecular formula is C18H24N2O5S. The van der Waals surface area contributed by atoms with Gasteiger partial charge in [-0.05, 0) is 49.4 Å². The van der Waals surface area contributed by atoms with Crippen LogP contribution >= 0.6 is 0 Å². The van der Waals surface area contributed by atoms with Gasteiger partial charge in [0.25, 0.3) is 5.91 Å². The van der Waals surface area contributed by atoms with E-state index < -0.39 is 21.9 Å². The van der Waals surface area contributed by atoms with Crippen molar-refractivity contribution in [1.29, 1.82) is 0 Å².